The van der Waals surface area contributed by atoms with Crippen LogP contribution in [0.4, 0.5) is 0 Å². The number of hydrogen-bond acceptors (Lipinski definition) is 4. The van der Waals surface area contributed by atoms with Crippen molar-refractivity contribution in [2.24, 2.45) is 5.92 Å². The van der Waals surface area contributed by atoms with E-state index in [0.29, 0.717) is 23.8 Å². The van der Waals surface area contributed by atoms with Gasteiger partial charge >= 0.3 is 0 Å². The van der Waals surface area contributed by atoms with Crippen molar-refractivity contribution < 1.29 is 9.84 Å². The molecule has 3 aliphatic heterocycles. The number of hydrogen-bond donors (Lipinski definition) is 1. The molecule has 3 atom stereocenters. The summed E-state index contributed by atoms with van der Waals surface area (Å²) in [6, 6.07) is 30.5. The fraction of sp³-hybridized carbons (Fsp3) is 0.303. The molecule has 1 N–H and O–H groups in total. The van der Waals surface area contributed by atoms with Crippen molar-refractivity contribution in [3.8, 4) is 17.2 Å². The first kappa shape index (κ1) is 22.6. The zero-order chi connectivity index (χ0) is 24.8. The number of rotatable bonds is 5. The molecule has 0 spiro atoms. The number of ether oxygens (including phenoxy) is 1. The highest BCUT2D eigenvalue weighted by Crippen LogP contribution is 2.60. The number of nitrogens with zero attached hydrogens (tertiary/aromatic N) is 2. The standard InChI is InChI=1S/C33H32N2O2/c36-30-13-6-12-29-32(30)37-31-14-5-4-11-28(31)33(29,24-10-7-18-34-22-24)25-20-26-15-16-27(21-25)35(26)19-17-23-8-2-1-3-9-23/h1-14,18,22,25-27,36H,15-17,19-21H2. The molecule has 37 heavy (non-hydrogen) atoms. The summed E-state index contributed by atoms with van der Waals surface area (Å²) >= 11 is 0. The molecule has 4 aromatic rings. The van der Waals surface area contributed by atoms with Crippen molar-refractivity contribution in [3.63, 3.8) is 0 Å². The van der Waals surface area contributed by atoms with Gasteiger partial charge in [-0.05, 0) is 67.3 Å². The molecule has 2 bridgehead atoms. The van der Waals surface area contributed by atoms with Crippen molar-refractivity contribution >= 4 is 0 Å². The predicted octanol–water partition coefficient (Wildman–Crippen LogP) is 6.71. The van der Waals surface area contributed by atoms with Crippen molar-refractivity contribution in [1.29, 1.82) is 0 Å². The number of piperidine rings is 1. The van der Waals surface area contributed by atoms with Crippen LogP contribution in [0.1, 0.15) is 47.9 Å². The summed E-state index contributed by atoms with van der Waals surface area (Å²) in [4.78, 5) is 7.37. The Labute approximate surface area is 218 Å². The molecule has 0 saturated carbocycles. The largest absolute Gasteiger partial charge is 0.504 e. The Bertz CT molecular complexity index is 1390. The Morgan fingerprint density at radius 3 is 2.38 bits per heavy atom. The topological polar surface area (TPSA) is 45.6 Å². The molecule has 0 aliphatic carbocycles. The molecule has 186 valence electrons. The average Bonchev–Trinajstić information content (AvgIpc) is 3.18. The molecule has 3 aromatic carbocycles. The van der Waals surface area contributed by atoms with Gasteiger partial charge in [-0.1, -0.05) is 66.7 Å². The lowest BCUT2D eigenvalue weighted by Crippen LogP contribution is -2.51. The van der Waals surface area contributed by atoms with Gasteiger partial charge in [-0.2, -0.15) is 0 Å². The van der Waals surface area contributed by atoms with E-state index in [0.717, 1.165) is 37.1 Å². The number of pyridine rings is 1. The second-order valence-electron chi connectivity index (χ2n) is 10.8. The molecule has 3 unspecified atom stereocenters. The van der Waals surface area contributed by atoms with E-state index in [1.807, 2.05) is 36.7 Å². The summed E-state index contributed by atoms with van der Waals surface area (Å²) in [5.41, 5.74) is 4.41. The molecule has 4 nitrogen and oxygen atoms in total. The average molecular weight is 489 g/mol. The second-order valence-corrected chi connectivity index (χ2v) is 10.8. The maximum absolute atomic E-state index is 10.9. The highest BCUT2D eigenvalue weighted by atomic mass is 16.5. The third kappa shape index (κ3) is 3.58. The first-order valence-corrected chi connectivity index (χ1v) is 13.5. The van der Waals surface area contributed by atoms with Gasteiger partial charge in [-0.15, -0.1) is 0 Å². The molecule has 4 heterocycles. The minimum absolute atomic E-state index is 0.198. The summed E-state index contributed by atoms with van der Waals surface area (Å²) in [5.74, 6) is 1.99. The summed E-state index contributed by atoms with van der Waals surface area (Å²) in [6.45, 7) is 1.11. The van der Waals surface area contributed by atoms with Crippen molar-refractivity contribution in [3.05, 3.63) is 120 Å². The highest BCUT2D eigenvalue weighted by molar-refractivity contribution is 5.66. The van der Waals surface area contributed by atoms with Gasteiger partial charge in [-0.25, -0.2) is 0 Å². The van der Waals surface area contributed by atoms with Gasteiger partial charge < -0.3 is 9.84 Å². The first-order valence-electron chi connectivity index (χ1n) is 13.5. The number of phenols is 1. The van der Waals surface area contributed by atoms with Crippen LogP contribution in [0.15, 0.2) is 97.3 Å². The number of benzene rings is 3. The van der Waals surface area contributed by atoms with Crippen LogP contribution in [-0.2, 0) is 11.8 Å². The van der Waals surface area contributed by atoms with Crippen LogP contribution >= 0.6 is 0 Å². The van der Waals surface area contributed by atoms with Gasteiger partial charge in [0.25, 0.3) is 0 Å². The van der Waals surface area contributed by atoms with E-state index in [1.165, 1.54) is 29.5 Å². The Balaban J connectivity index is 1.33. The van der Waals surface area contributed by atoms with E-state index in [-0.39, 0.29) is 5.75 Å². The Kier molecular flexibility index (Phi) is 5.51. The normalized spacial score (nSPS) is 26.2. The quantitative estimate of drug-likeness (QED) is 0.339. The number of aromatic hydroxyl groups is 1. The van der Waals surface area contributed by atoms with Crippen LogP contribution in [0.2, 0.25) is 0 Å². The molecule has 3 aliphatic rings. The van der Waals surface area contributed by atoms with Gasteiger partial charge in [0.05, 0.1) is 5.41 Å². The van der Waals surface area contributed by atoms with Crippen molar-refractivity contribution in [2.75, 3.05) is 6.54 Å². The van der Waals surface area contributed by atoms with E-state index in [1.54, 1.807) is 6.07 Å². The summed E-state index contributed by atoms with van der Waals surface area (Å²) in [7, 11) is 0. The zero-order valence-corrected chi connectivity index (χ0v) is 21.0. The van der Waals surface area contributed by atoms with Gasteiger partial charge in [0, 0.05) is 42.1 Å². The van der Waals surface area contributed by atoms with Crippen LogP contribution in [-0.4, -0.2) is 33.6 Å². The smallest absolute Gasteiger partial charge is 0.173 e. The molecule has 2 fully saturated rings. The highest BCUT2D eigenvalue weighted by Gasteiger charge is 2.54. The maximum Gasteiger partial charge on any atom is 0.173 e. The summed E-state index contributed by atoms with van der Waals surface area (Å²) in [6.07, 6.45) is 9.71. The van der Waals surface area contributed by atoms with Crippen molar-refractivity contribution in [2.45, 2.75) is 49.6 Å². The second kappa shape index (κ2) is 9.04. The third-order valence-electron chi connectivity index (χ3n) is 9.06. The fourth-order valence-electron chi connectivity index (χ4n) is 7.56. The maximum atomic E-state index is 10.9. The lowest BCUT2D eigenvalue weighted by Gasteiger charge is -2.51. The van der Waals surface area contributed by atoms with E-state index < -0.39 is 5.41 Å². The SMILES string of the molecule is Oc1cccc2c1Oc1ccccc1C2(c1cccnc1)C1CC2CCC(C1)N2CCc1ccccc1. The van der Waals surface area contributed by atoms with E-state index in [2.05, 4.69) is 64.5 Å². The zero-order valence-electron chi connectivity index (χ0n) is 21.0. The molecule has 0 radical (unpaired) electrons. The van der Waals surface area contributed by atoms with Gasteiger partial charge in [0.15, 0.2) is 11.5 Å². The summed E-state index contributed by atoms with van der Waals surface area (Å²) < 4.78 is 6.37. The van der Waals surface area contributed by atoms with Crippen LogP contribution < -0.4 is 4.74 Å². The third-order valence-corrected chi connectivity index (χ3v) is 9.06. The number of para-hydroxylation sites is 2. The minimum Gasteiger partial charge on any atom is -0.504 e. The molecule has 7 rings (SSSR count). The summed E-state index contributed by atoms with van der Waals surface area (Å²) in [5, 5.41) is 10.9. The number of phenolic OH excluding ortho intramolecular Hbond substituents is 1. The molecule has 4 heteroatoms. The lowest BCUT2D eigenvalue weighted by molar-refractivity contribution is 0.0823. The molecule has 2 saturated heterocycles. The van der Waals surface area contributed by atoms with Crippen LogP contribution in [0.5, 0.6) is 17.2 Å². The van der Waals surface area contributed by atoms with Gasteiger partial charge in [-0.3, -0.25) is 9.88 Å². The van der Waals surface area contributed by atoms with E-state index in [9.17, 15) is 5.11 Å². The van der Waals surface area contributed by atoms with Gasteiger partial charge in [0.2, 0.25) is 0 Å². The van der Waals surface area contributed by atoms with E-state index in [4.69, 9.17) is 4.74 Å². The molecule has 0 amide bonds. The number of aromatic nitrogens is 1. The van der Waals surface area contributed by atoms with Crippen molar-refractivity contribution in [1.82, 2.24) is 9.88 Å². The van der Waals surface area contributed by atoms with Crippen LogP contribution in [0.3, 0.4) is 0 Å². The predicted molar refractivity (Wildman–Crippen MR) is 145 cm³/mol. The molecular weight excluding hydrogens is 456 g/mol. The first-order chi connectivity index (χ1) is 18.2. The number of fused-ring (bicyclic) bond motifs is 4. The fourth-order valence-corrected chi connectivity index (χ4v) is 7.56. The minimum atomic E-state index is -0.427. The Morgan fingerprint density at radius 1 is 0.838 bits per heavy atom. The molecule has 1 aromatic heterocycles. The van der Waals surface area contributed by atoms with E-state index >= 15 is 0 Å². The molecular formula is C33H32N2O2. The monoisotopic (exact) mass is 488 g/mol. The van der Waals surface area contributed by atoms with Gasteiger partial charge in [0.1, 0.15) is 5.75 Å². The van der Waals surface area contributed by atoms with Crippen LogP contribution in [0.25, 0.3) is 0 Å². The lowest BCUT2D eigenvalue weighted by atomic mass is 9.57. The Morgan fingerprint density at radius 2 is 1.59 bits per heavy atom. The Hall–Kier alpha value is -3.63. The van der Waals surface area contributed by atoms with Crippen LogP contribution in [0, 0.1) is 5.92 Å².